The minimum Gasteiger partial charge on any atom is -0.446 e. The normalized spacial score (nSPS) is 29.9. The van der Waals surface area contributed by atoms with E-state index < -0.39 is 12.1 Å². The molecular weight excluding hydrogens is 486 g/mol. The van der Waals surface area contributed by atoms with Crippen molar-refractivity contribution in [3.63, 3.8) is 0 Å². The lowest BCUT2D eigenvalue weighted by Crippen LogP contribution is -2.50. The molecule has 2 amide bonds. The number of amides is 2. The molecule has 2 aliphatic heterocycles. The SMILES string of the molecule is CC(C)=CC[C@H]1O[C@]1(C)[C@H]1C[C@H](OC(=O)N[C@@H](Cc2ccccc2)C(=O)NCCCN=[N+]=[N-])CC[C@]12CO2. The van der Waals surface area contributed by atoms with Crippen molar-refractivity contribution in [1.29, 1.82) is 0 Å². The molecule has 0 aromatic heterocycles. The monoisotopic (exact) mass is 525 g/mol. The molecule has 10 heteroatoms. The molecule has 1 saturated carbocycles. The molecule has 2 heterocycles. The van der Waals surface area contributed by atoms with E-state index in [0.29, 0.717) is 38.8 Å². The fourth-order valence-corrected chi connectivity index (χ4v) is 5.60. The van der Waals surface area contributed by atoms with Crippen LogP contribution in [0.25, 0.3) is 10.4 Å². The van der Waals surface area contributed by atoms with E-state index in [4.69, 9.17) is 19.7 Å². The average molecular weight is 526 g/mol. The van der Waals surface area contributed by atoms with Crippen LogP contribution in [0, 0.1) is 5.92 Å². The third-order valence-corrected chi connectivity index (χ3v) is 7.91. The lowest BCUT2D eigenvalue weighted by Gasteiger charge is -2.36. The van der Waals surface area contributed by atoms with E-state index in [2.05, 4.69) is 47.5 Å². The molecular formula is C28H39N5O5. The topological polar surface area (TPSA) is 141 Å². The molecule has 1 aromatic carbocycles. The second-order valence-electron chi connectivity index (χ2n) is 11.0. The Bertz CT molecular complexity index is 1060. The molecule has 10 nitrogen and oxygen atoms in total. The Morgan fingerprint density at radius 3 is 2.76 bits per heavy atom. The molecule has 0 unspecified atom stereocenters. The maximum absolute atomic E-state index is 13.0. The third-order valence-electron chi connectivity index (χ3n) is 7.91. The van der Waals surface area contributed by atoms with E-state index in [-0.39, 0.29) is 35.2 Å². The van der Waals surface area contributed by atoms with Crippen molar-refractivity contribution in [2.24, 2.45) is 11.0 Å². The average Bonchev–Trinajstić information content (AvgIpc) is 3.81. The van der Waals surface area contributed by atoms with Gasteiger partial charge in [-0.15, -0.1) is 0 Å². The van der Waals surface area contributed by atoms with Gasteiger partial charge < -0.3 is 24.8 Å². The highest BCUT2D eigenvalue weighted by Gasteiger charge is 2.68. The van der Waals surface area contributed by atoms with Crippen LogP contribution in [0.4, 0.5) is 4.79 Å². The molecule has 6 atom stereocenters. The maximum Gasteiger partial charge on any atom is 0.408 e. The van der Waals surface area contributed by atoms with E-state index >= 15 is 0 Å². The molecule has 0 radical (unpaired) electrons. The van der Waals surface area contributed by atoms with Gasteiger partial charge in [0.25, 0.3) is 0 Å². The Hall–Kier alpha value is -3.07. The highest BCUT2D eigenvalue weighted by Crippen LogP contribution is 2.59. The Balaban J connectivity index is 1.34. The molecule has 0 bridgehead atoms. The maximum atomic E-state index is 13.0. The van der Waals surface area contributed by atoms with Crippen molar-refractivity contribution >= 4 is 12.0 Å². The number of azide groups is 1. The fraction of sp³-hybridized carbons (Fsp3) is 0.643. The second-order valence-corrected chi connectivity index (χ2v) is 11.0. The van der Waals surface area contributed by atoms with Gasteiger partial charge in [0.1, 0.15) is 12.1 Å². The molecule has 3 aliphatic rings. The first-order valence-electron chi connectivity index (χ1n) is 13.5. The number of benzene rings is 1. The largest absolute Gasteiger partial charge is 0.446 e. The van der Waals surface area contributed by atoms with E-state index in [1.54, 1.807) is 0 Å². The van der Waals surface area contributed by atoms with Gasteiger partial charge in [0.2, 0.25) is 5.91 Å². The molecule has 2 saturated heterocycles. The zero-order valence-electron chi connectivity index (χ0n) is 22.5. The summed E-state index contributed by atoms with van der Waals surface area (Å²) in [6.07, 6.45) is 5.40. The predicted molar refractivity (Wildman–Crippen MR) is 142 cm³/mol. The van der Waals surface area contributed by atoms with E-state index in [9.17, 15) is 9.59 Å². The van der Waals surface area contributed by atoms with Gasteiger partial charge in [0.15, 0.2) is 0 Å². The Morgan fingerprint density at radius 2 is 2.08 bits per heavy atom. The van der Waals surface area contributed by atoms with Crippen molar-refractivity contribution in [3.8, 4) is 0 Å². The highest BCUT2D eigenvalue weighted by molar-refractivity contribution is 5.85. The van der Waals surface area contributed by atoms with Gasteiger partial charge >= 0.3 is 6.09 Å². The first-order chi connectivity index (χ1) is 18.3. The van der Waals surface area contributed by atoms with Gasteiger partial charge in [-0.2, -0.15) is 0 Å². The number of nitrogens with zero attached hydrogens (tertiary/aromatic N) is 3. The number of carbonyl (C=O) groups excluding carboxylic acids is 2. The quantitative estimate of drug-likeness (QED) is 0.102. The number of hydrogen-bond acceptors (Lipinski definition) is 6. The first kappa shape index (κ1) is 28.0. The molecule has 4 rings (SSSR count). The summed E-state index contributed by atoms with van der Waals surface area (Å²) in [6.45, 7) is 7.69. The molecule has 2 N–H and O–H groups in total. The molecule has 1 spiro atoms. The summed E-state index contributed by atoms with van der Waals surface area (Å²) >= 11 is 0. The second kappa shape index (κ2) is 12.2. The lowest BCUT2D eigenvalue weighted by atomic mass is 9.70. The summed E-state index contributed by atoms with van der Waals surface area (Å²) in [5.41, 5.74) is 10.1. The molecule has 1 aromatic rings. The minimum atomic E-state index is -0.792. The van der Waals surface area contributed by atoms with Crippen LogP contribution in [0.15, 0.2) is 47.1 Å². The number of epoxide rings is 2. The minimum absolute atomic E-state index is 0.147. The van der Waals surface area contributed by atoms with Crippen LogP contribution in [-0.4, -0.2) is 61.1 Å². The predicted octanol–water partition coefficient (Wildman–Crippen LogP) is 4.59. The number of ether oxygens (including phenoxy) is 3. The summed E-state index contributed by atoms with van der Waals surface area (Å²) in [6, 6.07) is 8.73. The van der Waals surface area contributed by atoms with E-state index in [1.807, 2.05) is 30.3 Å². The molecule has 1 aliphatic carbocycles. The summed E-state index contributed by atoms with van der Waals surface area (Å²) in [4.78, 5) is 28.6. The summed E-state index contributed by atoms with van der Waals surface area (Å²) in [7, 11) is 0. The Kier molecular flexibility index (Phi) is 8.97. The van der Waals surface area contributed by atoms with Crippen molar-refractivity contribution in [1.82, 2.24) is 10.6 Å². The van der Waals surface area contributed by atoms with Crippen molar-refractivity contribution in [2.45, 2.75) is 88.7 Å². The molecule has 38 heavy (non-hydrogen) atoms. The number of carbonyl (C=O) groups is 2. The van der Waals surface area contributed by atoms with Gasteiger partial charge in [-0.05, 0) is 64.0 Å². The molecule has 3 fully saturated rings. The van der Waals surface area contributed by atoms with E-state index in [1.165, 1.54) is 5.57 Å². The van der Waals surface area contributed by atoms with Gasteiger partial charge in [-0.1, -0.05) is 47.1 Å². The summed E-state index contributed by atoms with van der Waals surface area (Å²) in [5.74, 6) is -0.156. The lowest BCUT2D eigenvalue weighted by molar-refractivity contribution is -0.123. The van der Waals surface area contributed by atoms with Crippen molar-refractivity contribution in [3.05, 3.63) is 58.0 Å². The van der Waals surface area contributed by atoms with Crippen LogP contribution in [0.2, 0.25) is 0 Å². The number of allylic oxidation sites excluding steroid dienone is 1. The van der Waals surface area contributed by atoms with E-state index in [0.717, 1.165) is 25.0 Å². The van der Waals surface area contributed by atoms with Gasteiger partial charge in [0, 0.05) is 30.3 Å². The van der Waals surface area contributed by atoms with Crippen molar-refractivity contribution in [2.75, 3.05) is 19.7 Å². The van der Waals surface area contributed by atoms with Gasteiger partial charge in [-0.3, -0.25) is 4.79 Å². The zero-order valence-corrected chi connectivity index (χ0v) is 22.5. The Morgan fingerprint density at radius 1 is 1.32 bits per heavy atom. The number of alkyl carbamates (subject to hydrolysis) is 1. The van der Waals surface area contributed by atoms with Gasteiger partial charge in [-0.25, -0.2) is 4.79 Å². The van der Waals surface area contributed by atoms with Crippen LogP contribution in [0.3, 0.4) is 0 Å². The third kappa shape index (κ3) is 7.07. The number of hydrogen-bond donors (Lipinski definition) is 2. The zero-order chi connectivity index (χ0) is 27.2. The smallest absolute Gasteiger partial charge is 0.408 e. The van der Waals surface area contributed by atoms with Crippen LogP contribution in [0.1, 0.15) is 58.4 Å². The van der Waals surface area contributed by atoms with Crippen molar-refractivity contribution < 1.29 is 23.8 Å². The van der Waals surface area contributed by atoms with Crippen LogP contribution >= 0.6 is 0 Å². The highest BCUT2D eigenvalue weighted by atomic mass is 16.6. The van der Waals surface area contributed by atoms with Gasteiger partial charge in [0.05, 0.1) is 23.9 Å². The number of rotatable bonds is 12. The Labute approximate surface area is 224 Å². The summed E-state index contributed by atoms with van der Waals surface area (Å²) in [5, 5.41) is 9.08. The van der Waals surface area contributed by atoms with Crippen LogP contribution in [0.5, 0.6) is 0 Å². The summed E-state index contributed by atoms with van der Waals surface area (Å²) < 4.78 is 18.0. The van der Waals surface area contributed by atoms with Crippen LogP contribution in [-0.2, 0) is 25.4 Å². The number of nitrogens with one attached hydrogen (secondary N) is 2. The van der Waals surface area contributed by atoms with Crippen LogP contribution < -0.4 is 10.6 Å². The standard InChI is InChI=1S/C28H39N5O5/c1-19(2)10-11-24-27(3,38-24)23-17-21(12-13-28(23)18-36-28)37-26(35)32-22(16-20-8-5-4-6-9-20)25(34)30-14-7-15-31-33-29/h4-6,8-10,21-24H,7,11-18H2,1-3H3,(H,30,34)(H,32,35)/t21-,22+,23-,24-,27-,28+/m1/s1. The first-order valence-corrected chi connectivity index (χ1v) is 13.5. The fourth-order valence-electron chi connectivity index (χ4n) is 5.60. The molecule has 206 valence electrons.